The number of rotatable bonds is 6. The second-order valence-electron chi connectivity index (χ2n) is 5.18. The number of halogens is 2. The van der Waals surface area contributed by atoms with E-state index in [9.17, 15) is 23.8 Å². The van der Waals surface area contributed by atoms with Crippen molar-refractivity contribution in [2.45, 2.75) is 13.1 Å². The lowest BCUT2D eigenvalue weighted by Gasteiger charge is -2.22. The molecule has 0 heterocycles. The molecular weight excluding hydrogens is 322 g/mol. The van der Waals surface area contributed by atoms with E-state index in [0.717, 1.165) is 0 Å². The molecule has 0 atom stereocenters. The maximum Gasteiger partial charge on any atom is 0.257 e. The van der Waals surface area contributed by atoms with Gasteiger partial charge in [0.15, 0.2) is 23.1 Å². The van der Waals surface area contributed by atoms with E-state index in [1.54, 1.807) is 0 Å². The van der Waals surface area contributed by atoms with Crippen molar-refractivity contribution in [3.8, 4) is 11.5 Å². The lowest BCUT2D eigenvalue weighted by Crippen LogP contribution is -2.35. The van der Waals surface area contributed by atoms with E-state index in [1.807, 2.05) is 0 Å². The number of amides is 1. The van der Waals surface area contributed by atoms with Crippen molar-refractivity contribution < 1.29 is 29.0 Å². The van der Waals surface area contributed by atoms with Crippen LogP contribution in [0.1, 0.15) is 11.1 Å². The molecule has 2 aromatic carbocycles. The Hall–Kier alpha value is -2.71. The molecule has 0 aliphatic heterocycles. The van der Waals surface area contributed by atoms with Crippen molar-refractivity contribution in [1.29, 1.82) is 0 Å². The van der Waals surface area contributed by atoms with Crippen LogP contribution in [0, 0.1) is 11.6 Å². The molecule has 8 heteroatoms. The molecule has 0 saturated carbocycles. The zero-order valence-electron chi connectivity index (χ0n) is 12.5. The van der Waals surface area contributed by atoms with Crippen LogP contribution in [0.15, 0.2) is 36.4 Å². The number of carbonyl (C=O) groups is 1. The van der Waals surface area contributed by atoms with Gasteiger partial charge >= 0.3 is 0 Å². The van der Waals surface area contributed by atoms with Gasteiger partial charge < -0.3 is 10.2 Å². The van der Waals surface area contributed by atoms with Gasteiger partial charge in [0.05, 0.1) is 6.54 Å². The van der Waals surface area contributed by atoms with E-state index < -0.39 is 29.0 Å². The predicted octanol–water partition coefficient (Wildman–Crippen LogP) is 1.88. The molecule has 6 nitrogen and oxygen atoms in total. The fourth-order valence-electron chi connectivity index (χ4n) is 2.26. The number of aromatic hydroxyl groups is 2. The fourth-order valence-corrected chi connectivity index (χ4v) is 2.26. The van der Waals surface area contributed by atoms with E-state index >= 15 is 0 Å². The number of phenols is 2. The zero-order chi connectivity index (χ0) is 17.7. The van der Waals surface area contributed by atoms with Crippen LogP contribution >= 0.6 is 0 Å². The molecule has 4 N–H and O–H groups in total. The topological polar surface area (TPSA) is 93.0 Å². The number of hydrogen-bond acceptors (Lipinski definition) is 5. The number of carbonyl (C=O) groups excluding carboxylic acids is 1. The van der Waals surface area contributed by atoms with Crippen LogP contribution in [0.3, 0.4) is 0 Å². The van der Waals surface area contributed by atoms with Crippen molar-refractivity contribution in [2.24, 2.45) is 0 Å². The molecule has 2 rings (SSSR count). The van der Waals surface area contributed by atoms with Crippen molar-refractivity contribution >= 4 is 5.91 Å². The lowest BCUT2D eigenvalue weighted by molar-refractivity contribution is -0.130. The average Bonchev–Trinajstić information content (AvgIpc) is 2.56. The van der Waals surface area contributed by atoms with Crippen LogP contribution < -0.4 is 5.48 Å². The third kappa shape index (κ3) is 4.18. The van der Waals surface area contributed by atoms with Crippen molar-refractivity contribution in [2.75, 3.05) is 6.54 Å². The number of hydrogen-bond donors (Lipinski definition) is 4. The Kier molecular flexibility index (Phi) is 5.67. The maximum absolute atomic E-state index is 13.9. The molecule has 24 heavy (non-hydrogen) atoms. The minimum absolute atomic E-state index is 0.0984. The van der Waals surface area contributed by atoms with Gasteiger partial charge in [0.2, 0.25) is 0 Å². The van der Waals surface area contributed by atoms with Gasteiger partial charge in [-0.05, 0) is 12.1 Å². The summed E-state index contributed by atoms with van der Waals surface area (Å²) in [5.74, 6) is -3.53. The van der Waals surface area contributed by atoms with Crippen LogP contribution in [-0.4, -0.2) is 32.8 Å². The maximum atomic E-state index is 13.9. The summed E-state index contributed by atoms with van der Waals surface area (Å²) in [5.41, 5.74) is 1.65. The van der Waals surface area contributed by atoms with E-state index in [-0.39, 0.29) is 30.8 Å². The van der Waals surface area contributed by atoms with Gasteiger partial charge in [0.25, 0.3) is 5.91 Å². The van der Waals surface area contributed by atoms with Crippen molar-refractivity contribution in [3.05, 3.63) is 59.2 Å². The van der Waals surface area contributed by atoms with Crippen molar-refractivity contribution in [1.82, 2.24) is 10.4 Å². The van der Waals surface area contributed by atoms with Crippen LogP contribution in [0.25, 0.3) is 0 Å². The zero-order valence-corrected chi connectivity index (χ0v) is 12.5. The van der Waals surface area contributed by atoms with Gasteiger partial charge in [-0.25, -0.2) is 14.3 Å². The molecule has 0 radical (unpaired) electrons. The smallest absolute Gasteiger partial charge is 0.257 e. The van der Waals surface area contributed by atoms with Gasteiger partial charge in [-0.15, -0.1) is 0 Å². The molecule has 1 amide bonds. The Bertz CT molecular complexity index is 687. The molecular formula is C16H16F2N2O4. The van der Waals surface area contributed by atoms with Gasteiger partial charge in [-0.1, -0.05) is 24.3 Å². The minimum atomic E-state index is -0.844. The summed E-state index contributed by atoms with van der Waals surface area (Å²) in [7, 11) is 0. The SMILES string of the molecule is O=C(CN(Cc1cccc(O)c1F)Cc1cccc(O)c1F)NO. The normalized spacial score (nSPS) is 10.8. The first-order valence-corrected chi connectivity index (χ1v) is 7.00. The Labute approximate surface area is 136 Å². The first-order valence-electron chi connectivity index (χ1n) is 7.00. The second-order valence-corrected chi connectivity index (χ2v) is 5.18. The quantitative estimate of drug-likeness (QED) is 0.477. The Morgan fingerprint density at radius 1 is 0.958 bits per heavy atom. The summed E-state index contributed by atoms with van der Waals surface area (Å²) in [5, 5.41) is 27.5. The summed E-state index contributed by atoms with van der Waals surface area (Å²) in [6, 6.07) is 8.06. The second kappa shape index (κ2) is 7.71. The molecule has 2 aromatic rings. The minimum Gasteiger partial charge on any atom is -0.505 e. The van der Waals surface area contributed by atoms with Gasteiger partial charge in [-0.3, -0.25) is 14.9 Å². The third-order valence-electron chi connectivity index (χ3n) is 3.40. The molecule has 0 bridgehead atoms. The molecule has 0 unspecified atom stereocenters. The van der Waals surface area contributed by atoms with E-state index in [4.69, 9.17) is 5.21 Å². The van der Waals surface area contributed by atoms with Crippen molar-refractivity contribution in [3.63, 3.8) is 0 Å². The van der Waals surface area contributed by atoms with E-state index in [0.29, 0.717) is 0 Å². The number of phenolic OH excluding ortho intramolecular Hbond substituents is 2. The van der Waals surface area contributed by atoms with Gasteiger partial charge in [-0.2, -0.15) is 0 Å². The highest BCUT2D eigenvalue weighted by Crippen LogP contribution is 2.23. The number of hydroxylamine groups is 1. The van der Waals surface area contributed by atoms with Gasteiger partial charge in [0.1, 0.15) is 0 Å². The average molecular weight is 338 g/mol. The fraction of sp³-hybridized carbons (Fsp3) is 0.188. The Morgan fingerprint density at radius 3 is 1.83 bits per heavy atom. The van der Waals surface area contributed by atoms with Crippen LogP contribution in [0.5, 0.6) is 11.5 Å². The number of nitrogens with one attached hydrogen (secondary N) is 1. The molecule has 0 fully saturated rings. The molecule has 128 valence electrons. The summed E-state index contributed by atoms with van der Waals surface area (Å²) in [6.07, 6.45) is 0. The van der Waals surface area contributed by atoms with Gasteiger partial charge in [0, 0.05) is 24.2 Å². The predicted molar refractivity (Wildman–Crippen MR) is 80.2 cm³/mol. The number of nitrogens with zero attached hydrogens (tertiary/aromatic N) is 1. The standard InChI is InChI=1S/C16H16F2N2O4/c17-15-10(3-1-5-12(15)21)7-20(9-14(23)19-24)8-11-4-2-6-13(22)16(11)18/h1-6,21-22,24H,7-9H2,(H,19,23). The molecule has 0 aromatic heterocycles. The number of benzene rings is 2. The lowest BCUT2D eigenvalue weighted by atomic mass is 10.1. The summed E-state index contributed by atoms with van der Waals surface area (Å²) < 4.78 is 27.8. The van der Waals surface area contributed by atoms with E-state index in [2.05, 4.69) is 0 Å². The monoisotopic (exact) mass is 338 g/mol. The third-order valence-corrected chi connectivity index (χ3v) is 3.40. The largest absolute Gasteiger partial charge is 0.505 e. The first-order chi connectivity index (χ1) is 11.4. The Morgan fingerprint density at radius 2 is 1.42 bits per heavy atom. The molecule has 0 aliphatic rings. The Balaban J connectivity index is 2.26. The molecule has 0 aliphatic carbocycles. The van der Waals surface area contributed by atoms with Crippen LogP contribution in [-0.2, 0) is 17.9 Å². The highest BCUT2D eigenvalue weighted by Gasteiger charge is 2.17. The van der Waals surface area contributed by atoms with E-state index in [1.165, 1.54) is 46.8 Å². The van der Waals surface area contributed by atoms with Crippen LogP contribution in [0.2, 0.25) is 0 Å². The van der Waals surface area contributed by atoms with Crippen LogP contribution in [0.4, 0.5) is 8.78 Å². The summed E-state index contributed by atoms with van der Waals surface area (Å²) in [6.45, 7) is -0.591. The summed E-state index contributed by atoms with van der Waals surface area (Å²) in [4.78, 5) is 12.8. The molecule has 0 saturated heterocycles. The molecule has 0 spiro atoms. The highest BCUT2D eigenvalue weighted by atomic mass is 19.1. The highest BCUT2D eigenvalue weighted by molar-refractivity contribution is 5.76. The summed E-state index contributed by atoms with van der Waals surface area (Å²) >= 11 is 0. The first kappa shape index (κ1) is 17.6.